The highest BCUT2D eigenvalue weighted by atomic mass is 16.4. The predicted molar refractivity (Wildman–Crippen MR) is 53.1 cm³/mol. The van der Waals surface area contributed by atoms with Crippen molar-refractivity contribution in [2.75, 3.05) is 0 Å². The molecule has 76 valence electrons. The van der Waals surface area contributed by atoms with E-state index in [9.17, 15) is 4.79 Å². The fourth-order valence-corrected chi connectivity index (χ4v) is 1.25. The summed E-state index contributed by atoms with van der Waals surface area (Å²) in [5.41, 5.74) is 1.12. The Bertz CT molecular complexity index is 488. The van der Waals surface area contributed by atoms with Gasteiger partial charge in [0.2, 0.25) is 0 Å². The molecule has 5 nitrogen and oxygen atoms in total. The van der Waals surface area contributed by atoms with Gasteiger partial charge in [-0.2, -0.15) is 5.10 Å². The number of aromatic carboxylic acids is 1. The number of carbonyl (C=O) groups is 1. The Hall–Kier alpha value is -2.17. The van der Waals surface area contributed by atoms with Crippen molar-refractivity contribution in [3.8, 4) is 5.82 Å². The van der Waals surface area contributed by atoms with Gasteiger partial charge in [-0.25, -0.2) is 14.5 Å². The molecule has 0 unspecified atom stereocenters. The maximum atomic E-state index is 10.6. The molecule has 0 saturated carbocycles. The predicted octanol–water partition coefficient (Wildman–Crippen LogP) is 1.27. The van der Waals surface area contributed by atoms with Crippen LogP contribution in [0.25, 0.3) is 5.82 Å². The third kappa shape index (κ3) is 1.71. The van der Waals surface area contributed by atoms with Crippen LogP contribution in [0.1, 0.15) is 16.1 Å². The molecule has 0 bridgehead atoms. The van der Waals surface area contributed by atoms with Gasteiger partial charge in [-0.15, -0.1) is 0 Å². The number of aromatic nitrogens is 3. The molecule has 0 aromatic carbocycles. The second-order valence-electron chi connectivity index (χ2n) is 3.09. The summed E-state index contributed by atoms with van der Waals surface area (Å²) in [6.07, 6.45) is 2.99. The van der Waals surface area contributed by atoms with Crippen molar-refractivity contribution >= 4 is 5.97 Å². The first-order valence-corrected chi connectivity index (χ1v) is 4.39. The zero-order chi connectivity index (χ0) is 10.8. The SMILES string of the molecule is Cc1ccnn1-c1ccc(C(=O)O)cn1. The third-order valence-corrected chi connectivity index (χ3v) is 2.04. The van der Waals surface area contributed by atoms with E-state index in [1.807, 2.05) is 13.0 Å². The standard InChI is InChI=1S/C10H9N3O2/c1-7-4-5-12-13(7)9-3-2-8(6-11-9)10(14)15/h2-6H,1H3,(H,14,15). The molecule has 5 heteroatoms. The Kier molecular flexibility index (Phi) is 2.21. The van der Waals surface area contributed by atoms with Crippen molar-refractivity contribution in [2.45, 2.75) is 6.92 Å². The van der Waals surface area contributed by atoms with Gasteiger partial charge in [0, 0.05) is 18.1 Å². The first-order chi connectivity index (χ1) is 7.18. The molecule has 0 atom stereocenters. The van der Waals surface area contributed by atoms with E-state index in [0.717, 1.165) is 5.69 Å². The number of pyridine rings is 1. The first kappa shape index (κ1) is 9.39. The molecule has 0 aliphatic rings. The van der Waals surface area contributed by atoms with Crippen LogP contribution in [0.4, 0.5) is 0 Å². The molecule has 0 fully saturated rings. The van der Waals surface area contributed by atoms with Crippen LogP contribution < -0.4 is 0 Å². The fraction of sp³-hybridized carbons (Fsp3) is 0.100. The molecule has 2 heterocycles. The smallest absolute Gasteiger partial charge is 0.337 e. The topological polar surface area (TPSA) is 68.0 Å². The lowest BCUT2D eigenvalue weighted by molar-refractivity contribution is 0.0696. The van der Waals surface area contributed by atoms with Gasteiger partial charge in [-0.3, -0.25) is 0 Å². The molecule has 0 aliphatic carbocycles. The summed E-state index contributed by atoms with van der Waals surface area (Å²) in [7, 11) is 0. The van der Waals surface area contributed by atoms with Crippen LogP contribution in [-0.2, 0) is 0 Å². The van der Waals surface area contributed by atoms with Gasteiger partial charge in [0.1, 0.15) is 0 Å². The molecular weight excluding hydrogens is 194 g/mol. The average molecular weight is 203 g/mol. The summed E-state index contributed by atoms with van der Waals surface area (Å²) in [6, 6.07) is 4.99. The summed E-state index contributed by atoms with van der Waals surface area (Å²) >= 11 is 0. The number of carboxylic acids is 1. The quantitative estimate of drug-likeness (QED) is 0.798. The van der Waals surface area contributed by atoms with E-state index in [1.54, 1.807) is 16.9 Å². The number of hydrogen-bond acceptors (Lipinski definition) is 3. The summed E-state index contributed by atoms with van der Waals surface area (Å²) in [5.74, 6) is -0.367. The van der Waals surface area contributed by atoms with Crippen molar-refractivity contribution in [3.63, 3.8) is 0 Å². The maximum Gasteiger partial charge on any atom is 0.337 e. The molecular formula is C10H9N3O2. The lowest BCUT2D eigenvalue weighted by Crippen LogP contribution is -2.03. The summed E-state index contributed by atoms with van der Waals surface area (Å²) < 4.78 is 1.64. The Labute approximate surface area is 86.0 Å². The van der Waals surface area contributed by atoms with Crippen LogP contribution in [0, 0.1) is 6.92 Å². The zero-order valence-corrected chi connectivity index (χ0v) is 8.08. The van der Waals surface area contributed by atoms with Crippen LogP contribution in [0.2, 0.25) is 0 Å². The van der Waals surface area contributed by atoms with E-state index in [-0.39, 0.29) is 5.56 Å². The molecule has 2 rings (SSSR count). The van der Waals surface area contributed by atoms with Gasteiger partial charge in [-0.1, -0.05) is 0 Å². The third-order valence-electron chi connectivity index (χ3n) is 2.04. The van der Waals surface area contributed by atoms with Crippen LogP contribution in [0.3, 0.4) is 0 Å². The Balaban J connectivity index is 2.40. The largest absolute Gasteiger partial charge is 0.478 e. The van der Waals surface area contributed by atoms with Gasteiger partial charge >= 0.3 is 5.97 Å². The Morgan fingerprint density at radius 3 is 2.67 bits per heavy atom. The van der Waals surface area contributed by atoms with Gasteiger partial charge in [0.15, 0.2) is 5.82 Å². The molecule has 0 aliphatic heterocycles. The summed E-state index contributed by atoms with van der Waals surface area (Å²) in [4.78, 5) is 14.6. The minimum Gasteiger partial charge on any atom is -0.478 e. The van der Waals surface area contributed by atoms with Crippen molar-refractivity contribution in [1.82, 2.24) is 14.8 Å². The van der Waals surface area contributed by atoms with Crippen molar-refractivity contribution in [1.29, 1.82) is 0 Å². The lowest BCUT2D eigenvalue weighted by atomic mass is 10.3. The molecule has 0 radical (unpaired) electrons. The van der Waals surface area contributed by atoms with E-state index in [1.165, 1.54) is 12.3 Å². The summed E-state index contributed by atoms with van der Waals surface area (Å²) in [6.45, 7) is 1.90. The average Bonchev–Trinajstić information content (AvgIpc) is 2.65. The van der Waals surface area contributed by atoms with Crippen molar-refractivity contribution in [2.24, 2.45) is 0 Å². The molecule has 2 aromatic rings. The number of aryl methyl sites for hydroxylation is 1. The molecule has 1 N–H and O–H groups in total. The van der Waals surface area contributed by atoms with Crippen molar-refractivity contribution < 1.29 is 9.90 Å². The van der Waals surface area contributed by atoms with E-state index in [0.29, 0.717) is 5.82 Å². The number of rotatable bonds is 2. The van der Waals surface area contributed by atoms with E-state index in [4.69, 9.17) is 5.11 Å². The Morgan fingerprint density at radius 1 is 1.40 bits per heavy atom. The maximum absolute atomic E-state index is 10.6. The number of hydrogen-bond donors (Lipinski definition) is 1. The number of carboxylic acid groups (broad SMARTS) is 1. The highest BCUT2D eigenvalue weighted by Gasteiger charge is 2.05. The van der Waals surface area contributed by atoms with Gasteiger partial charge in [0.05, 0.1) is 5.56 Å². The molecule has 0 amide bonds. The summed E-state index contributed by atoms with van der Waals surface area (Å²) in [5, 5.41) is 12.8. The lowest BCUT2D eigenvalue weighted by Gasteiger charge is -2.02. The highest BCUT2D eigenvalue weighted by molar-refractivity contribution is 5.87. The van der Waals surface area contributed by atoms with Crippen LogP contribution in [0.15, 0.2) is 30.6 Å². The van der Waals surface area contributed by atoms with Crippen molar-refractivity contribution in [3.05, 3.63) is 41.9 Å². The molecule has 0 spiro atoms. The normalized spacial score (nSPS) is 10.2. The highest BCUT2D eigenvalue weighted by Crippen LogP contribution is 2.07. The van der Waals surface area contributed by atoms with E-state index >= 15 is 0 Å². The van der Waals surface area contributed by atoms with E-state index < -0.39 is 5.97 Å². The van der Waals surface area contributed by atoms with Crippen LogP contribution >= 0.6 is 0 Å². The van der Waals surface area contributed by atoms with E-state index in [2.05, 4.69) is 10.1 Å². The second-order valence-corrected chi connectivity index (χ2v) is 3.09. The minimum absolute atomic E-state index is 0.170. The van der Waals surface area contributed by atoms with Gasteiger partial charge < -0.3 is 5.11 Å². The monoisotopic (exact) mass is 203 g/mol. The number of nitrogens with zero attached hydrogens (tertiary/aromatic N) is 3. The van der Waals surface area contributed by atoms with Crippen LogP contribution in [-0.4, -0.2) is 25.8 Å². The second kappa shape index (κ2) is 3.53. The zero-order valence-electron chi connectivity index (χ0n) is 8.08. The molecule has 0 saturated heterocycles. The van der Waals surface area contributed by atoms with Gasteiger partial charge in [0.25, 0.3) is 0 Å². The minimum atomic E-state index is -0.980. The van der Waals surface area contributed by atoms with Gasteiger partial charge in [-0.05, 0) is 25.1 Å². The first-order valence-electron chi connectivity index (χ1n) is 4.39. The van der Waals surface area contributed by atoms with Crippen LogP contribution in [0.5, 0.6) is 0 Å². The molecule has 2 aromatic heterocycles. The Morgan fingerprint density at radius 2 is 2.20 bits per heavy atom. The fourth-order valence-electron chi connectivity index (χ4n) is 1.25. The molecule has 15 heavy (non-hydrogen) atoms.